The van der Waals surface area contributed by atoms with Gasteiger partial charge in [0, 0.05) is 31.1 Å². The van der Waals surface area contributed by atoms with Gasteiger partial charge in [-0.2, -0.15) is 0 Å². The summed E-state index contributed by atoms with van der Waals surface area (Å²) in [6, 6.07) is 6.14. The highest BCUT2D eigenvalue weighted by Gasteiger charge is 2.27. The molecule has 0 spiro atoms. The van der Waals surface area contributed by atoms with Crippen LogP contribution >= 0.6 is 0 Å². The molecule has 134 valence electrons. The van der Waals surface area contributed by atoms with Crippen LogP contribution in [0.4, 0.5) is 0 Å². The van der Waals surface area contributed by atoms with Crippen LogP contribution in [-0.2, 0) is 11.3 Å². The molecule has 2 rings (SSSR count). The Hall–Kier alpha value is -1.75. The van der Waals surface area contributed by atoms with E-state index in [2.05, 4.69) is 10.2 Å². The summed E-state index contributed by atoms with van der Waals surface area (Å²) < 4.78 is 11.0. The van der Waals surface area contributed by atoms with E-state index in [1.54, 1.807) is 14.2 Å². The zero-order valence-electron chi connectivity index (χ0n) is 15.5. The van der Waals surface area contributed by atoms with Gasteiger partial charge in [0.05, 0.1) is 19.8 Å². The fourth-order valence-corrected chi connectivity index (χ4v) is 2.94. The number of carbonyl (C=O) groups is 1. The van der Waals surface area contributed by atoms with E-state index in [0.29, 0.717) is 0 Å². The Morgan fingerprint density at radius 2 is 1.71 bits per heavy atom. The normalized spacial score (nSPS) is 16.7. The van der Waals surface area contributed by atoms with Crippen molar-refractivity contribution in [2.24, 2.45) is 5.41 Å². The average molecular weight is 334 g/mol. The number of hydrogen-bond acceptors (Lipinski definition) is 4. The number of amides is 1. The van der Waals surface area contributed by atoms with Crippen molar-refractivity contribution >= 4 is 5.91 Å². The predicted molar refractivity (Wildman–Crippen MR) is 95.4 cm³/mol. The highest BCUT2D eigenvalue weighted by Crippen LogP contribution is 2.30. The van der Waals surface area contributed by atoms with Crippen molar-refractivity contribution in [1.82, 2.24) is 10.2 Å². The lowest BCUT2D eigenvalue weighted by molar-refractivity contribution is -0.129. The molecule has 0 unspecified atom stereocenters. The van der Waals surface area contributed by atoms with Crippen molar-refractivity contribution in [2.75, 3.05) is 27.3 Å². The Bertz CT molecular complexity index is 536. The molecule has 1 aromatic carbocycles. The van der Waals surface area contributed by atoms with E-state index >= 15 is 0 Å². The smallest absolute Gasteiger partial charge is 0.225 e. The van der Waals surface area contributed by atoms with Crippen LogP contribution in [0.3, 0.4) is 0 Å². The van der Waals surface area contributed by atoms with Crippen LogP contribution in [0.1, 0.15) is 39.2 Å². The summed E-state index contributed by atoms with van der Waals surface area (Å²) in [5.41, 5.74) is 0.752. The molecular weight excluding hydrogens is 304 g/mol. The molecule has 1 aliphatic heterocycles. The molecule has 1 saturated heterocycles. The summed E-state index contributed by atoms with van der Waals surface area (Å²) in [6.45, 7) is 8.56. The molecule has 5 heteroatoms. The number of nitrogens with one attached hydrogen (secondary N) is 1. The van der Waals surface area contributed by atoms with Crippen LogP contribution in [0.5, 0.6) is 11.5 Å². The Morgan fingerprint density at radius 1 is 1.17 bits per heavy atom. The number of carbonyl (C=O) groups excluding carboxylic acids is 1. The number of nitrogens with zero attached hydrogens (tertiary/aromatic N) is 1. The molecule has 1 aliphatic rings. The van der Waals surface area contributed by atoms with Crippen LogP contribution in [0.25, 0.3) is 0 Å². The lowest BCUT2D eigenvalue weighted by atomic mass is 9.94. The number of rotatable bonds is 5. The van der Waals surface area contributed by atoms with Gasteiger partial charge in [0.25, 0.3) is 0 Å². The SMILES string of the molecule is COc1cccc(OC)c1CN1CCC(NC(=O)C(C)(C)C)CC1. The molecule has 24 heavy (non-hydrogen) atoms. The van der Waals surface area contributed by atoms with Crippen LogP contribution in [0.15, 0.2) is 18.2 Å². The molecule has 1 fully saturated rings. The summed E-state index contributed by atoms with van der Waals surface area (Å²) in [5.74, 6) is 1.85. The first-order valence-corrected chi connectivity index (χ1v) is 8.58. The highest BCUT2D eigenvalue weighted by atomic mass is 16.5. The summed E-state index contributed by atoms with van der Waals surface area (Å²) in [4.78, 5) is 14.5. The first-order valence-electron chi connectivity index (χ1n) is 8.58. The Balaban J connectivity index is 1.93. The maximum atomic E-state index is 12.1. The standard InChI is InChI=1S/C19H30N2O3/c1-19(2,3)18(22)20-14-9-11-21(12-10-14)13-15-16(23-4)7-6-8-17(15)24-5/h6-8,14H,9-13H2,1-5H3,(H,20,22). The third-order valence-corrected chi connectivity index (χ3v) is 4.52. The second-order valence-electron chi connectivity index (χ2n) is 7.41. The topological polar surface area (TPSA) is 50.8 Å². The first-order chi connectivity index (χ1) is 11.3. The van der Waals surface area contributed by atoms with Gasteiger partial charge in [-0.1, -0.05) is 26.8 Å². The van der Waals surface area contributed by atoms with E-state index in [1.165, 1.54) is 0 Å². The summed E-state index contributed by atoms with van der Waals surface area (Å²) in [6.07, 6.45) is 1.94. The Kier molecular flexibility index (Phi) is 6.10. The van der Waals surface area contributed by atoms with Crippen molar-refractivity contribution < 1.29 is 14.3 Å². The quantitative estimate of drug-likeness (QED) is 0.900. The van der Waals surface area contributed by atoms with Gasteiger partial charge >= 0.3 is 0 Å². The molecule has 1 heterocycles. The predicted octanol–water partition coefficient (Wildman–Crippen LogP) is 2.83. The number of benzene rings is 1. The maximum Gasteiger partial charge on any atom is 0.225 e. The van der Waals surface area contributed by atoms with Gasteiger partial charge in [0.1, 0.15) is 11.5 Å². The van der Waals surface area contributed by atoms with Crippen molar-refractivity contribution in [3.05, 3.63) is 23.8 Å². The first kappa shape index (κ1) is 18.6. The molecule has 0 aromatic heterocycles. The van der Waals surface area contributed by atoms with Gasteiger partial charge in [0.2, 0.25) is 5.91 Å². The largest absolute Gasteiger partial charge is 0.496 e. The molecule has 0 aliphatic carbocycles. The molecule has 1 aromatic rings. The van der Waals surface area contributed by atoms with E-state index in [-0.39, 0.29) is 17.4 Å². The zero-order valence-corrected chi connectivity index (χ0v) is 15.5. The minimum atomic E-state index is -0.331. The van der Waals surface area contributed by atoms with E-state index in [0.717, 1.165) is 49.5 Å². The lowest BCUT2D eigenvalue weighted by Gasteiger charge is -2.34. The number of hydrogen-bond donors (Lipinski definition) is 1. The number of methoxy groups -OCH3 is 2. The van der Waals surface area contributed by atoms with E-state index in [4.69, 9.17) is 9.47 Å². The second-order valence-corrected chi connectivity index (χ2v) is 7.41. The minimum Gasteiger partial charge on any atom is -0.496 e. The summed E-state index contributed by atoms with van der Waals surface area (Å²) in [5, 5.41) is 3.17. The van der Waals surface area contributed by atoms with Crippen LogP contribution in [-0.4, -0.2) is 44.2 Å². The lowest BCUT2D eigenvalue weighted by Crippen LogP contribution is -2.47. The van der Waals surface area contributed by atoms with Crippen LogP contribution < -0.4 is 14.8 Å². The molecule has 1 N–H and O–H groups in total. The molecular formula is C19H30N2O3. The fraction of sp³-hybridized carbons (Fsp3) is 0.632. The molecule has 0 radical (unpaired) electrons. The van der Waals surface area contributed by atoms with Gasteiger partial charge < -0.3 is 14.8 Å². The van der Waals surface area contributed by atoms with Crippen molar-refractivity contribution in [3.63, 3.8) is 0 Å². The molecule has 5 nitrogen and oxygen atoms in total. The van der Waals surface area contributed by atoms with Gasteiger partial charge in [-0.15, -0.1) is 0 Å². The van der Waals surface area contributed by atoms with E-state index < -0.39 is 0 Å². The average Bonchev–Trinajstić information content (AvgIpc) is 2.55. The maximum absolute atomic E-state index is 12.1. The monoisotopic (exact) mass is 334 g/mol. The Morgan fingerprint density at radius 3 is 2.17 bits per heavy atom. The van der Waals surface area contributed by atoms with Crippen LogP contribution in [0.2, 0.25) is 0 Å². The zero-order chi connectivity index (χ0) is 17.7. The number of ether oxygens (including phenoxy) is 2. The van der Waals surface area contributed by atoms with Crippen molar-refractivity contribution in [3.8, 4) is 11.5 Å². The van der Waals surface area contributed by atoms with Gasteiger partial charge in [0.15, 0.2) is 0 Å². The molecule has 0 saturated carbocycles. The third-order valence-electron chi connectivity index (χ3n) is 4.52. The van der Waals surface area contributed by atoms with Crippen molar-refractivity contribution in [2.45, 2.75) is 46.2 Å². The molecule has 0 atom stereocenters. The summed E-state index contributed by atoms with van der Waals surface area (Å²) in [7, 11) is 3.37. The van der Waals surface area contributed by atoms with Crippen LogP contribution in [0, 0.1) is 5.41 Å². The van der Waals surface area contributed by atoms with Gasteiger partial charge in [-0.3, -0.25) is 9.69 Å². The van der Waals surface area contributed by atoms with Gasteiger partial charge in [-0.25, -0.2) is 0 Å². The van der Waals surface area contributed by atoms with Crippen molar-refractivity contribution in [1.29, 1.82) is 0 Å². The Labute approximate surface area is 145 Å². The van der Waals surface area contributed by atoms with Gasteiger partial charge in [-0.05, 0) is 25.0 Å². The fourth-order valence-electron chi connectivity index (χ4n) is 2.94. The molecule has 1 amide bonds. The summed E-state index contributed by atoms with van der Waals surface area (Å²) >= 11 is 0. The second kappa shape index (κ2) is 7.88. The third kappa shape index (κ3) is 4.63. The number of piperidine rings is 1. The highest BCUT2D eigenvalue weighted by molar-refractivity contribution is 5.81. The minimum absolute atomic E-state index is 0.132. The van der Waals surface area contributed by atoms with E-state index in [1.807, 2.05) is 39.0 Å². The molecule has 0 bridgehead atoms. The van der Waals surface area contributed by atoms with E-state index in [9.17, 15) is 4.79 Å². The number of likely N-dealkylation sites (tertiary alicyclic amines) is 1.